The fourth-order valence-corrected chi connectivity index (χ4v) is 3.19. The maximum atomic E-state index is 13.0. The molecule has 1 aromatic rings. The van der Waals surface area contributed by atoms with Crippen LogP contribution in [0.2, 0.25) is 0 Å². The summed E-state index contributed by atoms with van der Waals surface area (Å²) in [6, 6.07) is 5.04. The quantitative estimate of drug-likeness (QED) is 0.863. The Labute approximate surface area is 107 Å². The Hall–Kier alpha value is -0.980. The van der Waals surface area contributed by atoms with Crippen LogP contribution in [0.4, 0.5) is 4.39 Å². The molecule has 0 bridgehead atoms. The molecule has 1 fully saturated rings. The lowest BCUT2D eigenvalue weighted by molar-refractivity contribution is 0.376. The minimum absolute atomic E-state index is 0.0220. The molecule has 6 heteroatoms. The Kier molecular flexibility index (Phi) is 4.31. The molecule has 2 rings (SSSR count). The lowest BCUT2D eigenvalue weighted by Gasteiger charge is -2.22. The van der Waals surface area contributed by atoms with Gasteiger partial charge < -0.3 is 5.32 Å². The van der Waals surface area contributed by atoms with E-state index in [0.29, 0.717) is 12.5 Å². The summed E-state index contributed by atoms with van der Waals surface area (Å²) >= 11 is 0. The highest BCUT2D eigenvalue weighted by atomic mass is 32.2. The van der Waals surface area contributed by atoms with Crippen LogP contribution in [0.25, 0.3) is 0 Å². The van der Waals surface area contributed by atoms with E-state index in [9.17, 15) is 12.8 Å². The van der Waals surface area contributed by atoms with E-state index in [0.717, 1.165) is 32.0 Å². The normalized spacial score (nSPS) is 20.8. The lowest BCUT2D eigenvalue weighted by atomic mass is 10.0. The Balaban J connectivity index is 1.98. The van der Waals surface area contributed by atoms with Gasteiger partial charge in [0.2, 0.25) is 10.0 Å². The van der Waals surface area contributed by atoms with E-state index in [1.807, 2.05) is 0 Å². The molecule has 1 unspecified atom stereocenters. The third-order valence-electron chi connectivity index (χ3n) is 3.07. The fraction of sp³-hybridized carbons (Fsp3) is 0.500. The summed E-state index contributed by atoms with van der Waals surface area (Å²) < 4.78 is 39.4. The summed E-state index contributed by atoms with van der Waals surface area (Å²) in [7, 11) is -3.60. The average molecular weight is 272 g/mol. The molecule has 0 spiro atoms. The first-order valence-electron chi connectivity index (χ1n) is 6.04. The van der Waals surface area contributed by atoms with E-state index in [4.69, 9.17) is 0 Å². The van der Waals surface area contributed by atoms with Gasteiger partial charge in [-0.15, -0.1) is 0 Å². The van der Waals surface area contributed by atoms with Crippen molar-refractivity contribution in [2.75, 3.05) is 19.6 Å². The van der Waals surface area contributed by atoms with Gasteiger partial charge in [0.15, 0.2) is 0 Å². The monoisotopic (exact) mass is 272 g/mol. The summed E-state index contributed by atoms with van der Waals surface area (Å²) in [5.74, 6) is -0.237. The van der Waals surface area contributed by atoms with Gasteiger partial charge in [-0.05, 0) is 50.0 Å². The molecule has 0 aromatic heterocycles. The summed E-state index contributed by atoms with van der Waals surface area (Å²) in [6.45, 7) is 2.21. The SMILES string of the molecule is O=S(=O)(NCC1CCCNC1)c1cccc(F)c1. The van der Waals surface area contributed by atoms with E-state index >= 15 is 0 Å². The number of rotatable bonds is 4. The maximum absolute atomic E-state index is 13.0. The second-order valence-electron chi connectivity index (χ2n) is 4.52. The van der Waals surface area contributed by atoms with Gasteiger partial charge in [0.1, 0.15) is 5.82 Å². The Morgan fingerprint density at radius 3 is 2.94 bits per heavy atom. The highest BCUT2D eigenvalue weighted by molar-refractivity contribution is 7.89. The largest absolute Gasteiger partial charge is 0.316 e. The number of piperidine rings is 1. The second-order valence-corrected chi connectivity index (χ2v) is 6.29. The van der Waals surface area contributed by atoms with Crippen molar-refractivity contribution in [3.8, 4) is 0 Å². The van der Waals surface area contributed by atoms with Gasteiger partial charge in [0.25, 0.3) is 0 Å². The van der Waals surface area contributed by atoms with Crippen molar-refractivity contribution in [1.29, 1.82) is 0 Å². The highest BCUT2D eigenvalue weighted by Crippen LogP contribution is 2.13. The van der Waals surface area contributed by atoms with Crippen molar-refractivity contribution in [3.63, 3.8) is 0 Å². The Bertz CT molecular complexity index is 499. The van der Waals surface area contributed by atoms with Gasteiger partial charge in [-0.25, -0.2) is 17.5 Å². The van der Waals surface area contributed by atoms with E-state index in [1.165, 1.54) is 18.2 Å². The van der Waals surface area contributed by atoms with Crippen LogP contribution in [0.1, 0.15) is 12.8 Å². The van der Waals surface area contributed by atoms with Crippen molar-refractivity contribution < 1.29 is 12.8 Å². The molecular weight excluding hydrogens is 255 g/mol. The van der Waals surface area contributed by atoms with Crippen LogP contribution >= 0.6 is 0 Å². The van der Waals surface area contributed by atoms with Crippen LogP contribution in [0.15, 0.2) is 29.2 Å². The molecule has 18 heavy (non-hydrogen) atoms. The minimum atomic E-state index is -3.60. The van der Waals surface area contributed by atoms with E-state index < -0.39 is 15.8 Å². The minimum Gasteiger partial charge on any atom is -0.316 e. The van der Waals surface area contributed by atoms with Gasteiger partial charge in [0, 0.05) is 6.54 Å². The summed E-state index contributed by atoms with van der Waals surface area (Å²) in [5.41, 5.74) is 0. The topological polar surface area (TPSA) is 58.2 Å². The van der Waals surface area contributed by atoms with Crippen LogP contribution in [-0.2, 0) is 10.0 Å². The molecule has 0 amide bonds. The fourth-order valence-electron chi connectivity index (χ4n) is 2.04. The predicted molar refractivity (Wildman–Crippen MR) is 67.2 cm³/mol. The molecule has 1 aliphatic heterocycles. The van der Waals surface area contributed by atoms with Crippen LogP contribution in [0, 0.1) is 11.7 Å². The lowest BCUT2D eigenvalue weighted by Crippen LogP contribution is -2.38. The second kappa shape index (κ2) is 5.77. The van der Waals surface area contributed by atoms with Crippen LogP contribution in [0.5, 0.6) is 0 Å². The van der Waals surface area contributed by atoms with Crippen molar-refractivity contribution in [3.05, 3.63) is 30.1 Å². The first kappa shape index (κ1) is 13.5. The average Bonchev–Trinajstić information content (AvgIpc) is 2.38. The zero-order valence-corrected chi connectivity index (χ0v) is 10.8. The number of sulfonamides is 1. The van der Waals surface area contributed by atoms with Crippen LogP contribution in [-0.4, -0.2) is 28.1 Å². The third kappa shape index (κ3) is 3.51. The van der Waals surface area contributed by atoms with E-state index in [-0.39, 0.29) is 4.90 Å². The van der Waals surface area contributed by atoms with Crippen LogP contribution in [0.3, 0.4) is 0 Å². The number of benzene rings is 1. The van der Waals surface area contributed by atoms with Crippen molar-refractivity contribution >= 4 is 10.0 Å². The number of hydrogen-bond acceptors (Lipinski definition) is 3. The third-order valence-corrected chi connectivity index (χ3v) is 4.49. The van der Waals surface area contributed by atoms with Crippen molar-refractivity contribution in [2.45, 2.75) is 17.7 Å². The van der Waals surface area contributed by atoms with Gasteiger partial charge in [-0.1, -0.05) is 6.07 Å². The first-order chi connectivity index (χ1) is 8.58. The molecule has 1 atom stereocenters. The highest BCUT2D eigenvalue weighted by Gasteiger charge is 2.18. The summed E-state index contributed by atoms with van der Waals surface area (Å²) in [6.07, 6.45) is 2.07. The molecule has 0 saturated carbocycles. The Morgan fingerprint density at radius 2 is 2.28 bits per heavy atom. The number of hydrogen-bond donors (Lipinski definition) is 2. The zero-order chi connectivity index (χ0) is 13.0. The van der Waals surface area contributed by atoms with E-state index in [2.05, 4.69) is 10.0 Å². The van der Waals surface area contributed by atoms with Crippen molar-refractivity contribution in [1.82, 2.24) is 10.0 Å². The van der Waals surface area contributed by atoms with Gasteiger partial charge >= 0.3 is 0 Å². The first-order valence-corrected chi connectivity index (χ1v) is 7.52. The van der Waals surface area contributed by atoms with Gasteiger partial charge in [-0.3, -0.25) is 0 Å². The van der Waals surface area contributed by atoms with Gasteiger partial charge in [-0.2, -0.15) is 0 Å². The molecular formula is C12H17FN2O2S. The van der Waals surface area contributed by atoms with Crippen molar-refractivity contribution in [2.24, 2.45) is 5.92 Å². The van der Waals surface area contributed by atoms with E-state index in [1.54, 1.807) is 0 Å². The molecule has 4 nitrogen and oxygen atoms in total. The standard InChI is InChI=1S/C12H17FN2O2S/c13-11-4-1-5-12(7-11)18(16,17)15-9-10-3-2-6-14-8-10/h1,4-5,7,10,14-15H,2-3,6,8-9H2. The molecule has 2 N–H and O–H groups in total. The molecule has 1 aromatic carbocycles. The maximum Gasteiger partial charge on any atom is 0.240 e. The number of nitrogens with one attached hydrogen (secondary N) is 2. The predicted octanol–water partition coefficient (Wildman–Crippen LogP) is 1.10. The van der Waals surface area contributed by atoms with Gasteiger partial charge in [0.05, 0.1) is 4.90 Å². The van der Waals surface area contributed by atoms with Crippen LogP contribution < -0.4 is 10.0 Å². The summed E-state index contributed by atoms with van der Waals surface area (Å²) in [5, 5.41) is 3.23. The molecule has 0 aliphatic carbocycles. The molecule has 100 valence electrons. The smallest absolute Gasteiger partial charge is 0.240 e. The summed E-state index contributed by atoms with van der Waals surface area (Å²) in [4.78, 5) is -0.0220. The molecule has 1 aliphatic rings. The molecule has 1 heterocycles. The Morgan fingerprint density at radius 1 is 1.44 bits per heavy atom. The zero-order valence-electron chi connectivity index (χ0n) is 10.0. The number of halogens is 1. The molecule has 1 saturated heterocycles. The molecule has 0 radical (unpaired) electrons.